The molecule has 0 aromatic heterocycles. The number of nitrogens with zero attached hydrogens (tertiary/aromatic N) is 1. The van der Waals surface area contributed by atoms with Crippen LogP contribution in [0, 0.1) is 11.2 Å². The van der Waals surface area contributed by atoms with Crippen LogP contribution in [0.15, 0.2) is 24.3 Å². The summed E-state index contributed by atoms with van der Waals surface area (Å²) in [5.74, 6) is -0.524. The first-order valence-corrected chi connectivity index (χ1v) is 7.10. The molecule has 0 bridgehead atoms. The second-order valence-corrected chi connectivity index (χ2v) is 6.69. The number of carbonyl (C=O) groups excluding carboxylic acids is 2. The van der Waals surface area contributed by atoms with E-state index in [0.29, 0.717) is 18.7 Å². The lowest BCUT2D eigenvalue weighted by Crippen LogP contribution is -2.38. The third-order valence-electron chi connectivity index (χ3n) is 3.30. The van der Waals surface area contributed by atoms with Crippen LogP contribution < -0.4 is 10.2 Å². The molecule has 1 aliphatic rings. The molecular formula is C16H21FN2O2. The molecule has 0 spiro atoms. The first-order valence-electron chi connectivity index (χ1n) is 7.10. The minimum atomic E-state index is -0.375. The van der Waals surface area contributed by atoms with Crippen LogP contribution >= 0.6 is 0 Å². The quantitative estimate of drug-likeness (QED) is 0.930. The molecule has 1 atom stereocenters. The molecule has 1 aromatic carbocycles. The fraction of sp³-hybridized carbons (Fsp3) is 0.500. The Kier molecular flexibility index (Phi) is 4.30. The number of anilines is 1. The Morgan fingerprint density at radius 1 is 1.43 bits per heavy atom. The lowest BCUT2D eigenvalue weighted by atomic mass is 9.92. The van der Waals surface area contributed by atoms with Crippen molar-refractivity contribution in [3.63, 3.8) is 0 Å². The van der Waals surface area contributed by atoms with E-state index >= 15 is 0 Å². The normalized spacial score (nSPS) is 19.0. The smallest absolute Gasteiger partial charge is 0.229 e. The van der Waals surface area contributed by atoms with Gasteiger partial charge in [0.05, 0.1) is 6.04 Å². The van der Waals surface area contributed by atoms with Crippen molar-refractivity contribution >= 4 is 17.5 Å². The summed E-state index contributed by atoms with van der Waals surface area (Å²) in [6, 6.07) is 5.73. The third-order valence-corrected chi connectivity index (χ3v) is 3.30. The average Bonchev–Trinajstić information content (AvgIpc) is 2.67. The van der Waals surface area contributed by atoms with E-state index in [1.54, 1.807) is 12.1 Å². The third kappa shape index (κ3) is 4.28. The van der Waals surface area contributed by atoms with E-state index in [4.69, 9.17) is 0 Å². The van der Waals surface area contributed by atoms with E-state index in [0.717, 1.165) is 0 Å². The molecule has 1 fully saturated rings. The predicted octanol–water partition coefficient (Wildman–Crippen LogP) is 2.48. The molecule has 1 N–H and O–H groups in total. The second kappa shape index (κ2) is 5.84. The average molecular weight is 292 g/mol. The van der Waals surface area contributed by atoms with E-state index in [-0.39, 0.29) is 35.5 Å². The summed E-state index contributed by atoms with van der Waals surface area (Å²) in [4.78, 5) is 25.5. The molecule has 114 valence electrons. The van der Waals surface area contributed by atoms with Crippen LogP contribution in [0.2, 0.25) is 0 Å². The maximum atomic E-state index is 13.2. The van der Waals surface area contributed by atoms with Gasteiger partial charge in [-0.2, -0.15) is 0 Å². The number of amides is 2. The summed E-state index contributed by atoms with van der Waals surface area (Å²) in [5.41, 5.74) is 0.446. The molecule has 5 heteroatoms. The number of hydrogen-bond donors (Lipinski definition) is 1. The Bertz CT molecular complexity index is 551. The van der Waals surface area contributed by atoms with Gasteiger partial charge in [-0.25, -0.2) is 4.39 Å². The Balaban J connectivity index is 1.98. The van der Waals surface area contributed by atoms with Crippen LogP contribution in [-0.2, 0) is 9.59 Å². The molecule has 1 aliphatic heterocycles. The maximum absolute atomic E-state index is 13.2. The lowest BCUT2D eigenvalue weighted by molar-refractivity contribution is -0.123. The van der Waals surface area contributed by atoms with Gasteiger partial charge >= 0.3 is 0 Å². The van der Waals surface area contributed by atoms with E-state index in [1.165, 1.54) is 17.0 Å². The molecule has 1 saturated heterocycles. The molecule has 2 amide bonds. The fourth-order valence-corrected chi connectivity index (χ4v) is 2.46. The minimum Gasteiger partial charge on any atom is -0.351 e. The summed E-state index contributed by atoms with van der Waals surface area (Å²) < 4.78 is 13.2. The number of nitrogens with one attached hydrogen (secondary N) is 1. The van der Waals surface area contributed by atoms with Gasteiger partial charge in [0.25, 0.3) is 0 Å². The van der Waals surface area contributed by atoms with Gasteiger partial charge in [0, 0.05) is 25.1 Å². The molecule has 0 radical (unpaired) electrons. The van der Waals surface area contributed by atoms with E-state index in [9.17, 15) is 14.0 Å². The summed E-state index contributed by atoms with van der Waals surface area (Å²) in [5, 5.41) is 2.88. The van der Waals surface area contributed by atoms with Crippen molar-refractivity contribution in [3.8, 4) is 0 Å². The molecule has 4 nitrogen and oxygen atoms in total. The molecule has 1 aromatic rings. The van der Waals surface area contributed by atoms with E-state index in [2.05, 4.69) is 5.32 Å². The largest absolute Gasteiger partial charge is 0.351 e. The first-order chi connectivity index (χ1) is 9.74. The molecule has 1 heterocycles. The van der Waals surface area contributed by atoms with Gasteiger partial charge in [-0.05, 0) is 23.6 Å². The molecule has 0 saturated carbocycles. The molecule has 21 heavy (non-hydrogen) atoms. The van der Waals surface area contributed by atoms with Crippen LogP contribution in [-0.4, -0.2) is 24.4 Å². The maximum Gasteiger partial charge on any atom is 0.229 e. The number of halogens is 1. The zero-order valence-corrected chi connectivity index (χ0v) is 12.6. The number of hydrogen-bond acceptors (Lipinski definition) is 2. The van der Waals surface area contributed by atoms with Gasteiger partial charge in [0.2, 0.25) is 11.8 Å². The Labute approximate surface area is 124 Å². The summed E-state index contributed by atoms with van der Waals surface area (Å²) >= 11 is 0. The highest BCUT2D eigenvalue weighted by Gasteiger charge is 2.32. The SMILES string of the molecule is CC(C)(C)CC(=O)N[C@H]1CC(=O)N(c2cccc(F)c2)C1. The molecule has 0 unspecified atom stereocenters. The minimum absolute atomic E-state index is 0.0543. The Morgan fingerprint density at radius 3 is 2.76 bits per heavy atom. The van der Waals surface area contributed by atoms with Crippen molar-refractivity contribution in [3.05, 3.63) is 30.1 Å². The van der Waals surface area contributed by atoms with Crippen molar-refractivity contribution in [1.29, 1.82) is 0 Å². The summed E-state index contributed by atoms with van der Waals surface area (Å²) in [6.45, 7) is 6.36. The van der Waals surface area contributed by atoms with Crippen LogP contribution in [0.3, 0.4) is 0 Å². The van der Waals surface area contributed by atoms with Gasteiger partial charge < -0.3 is 10.2 Å². The van der Waals surface area contributed by atoms with Gasteiger partial charge in [-0.1, -0.05) is 26.8 Å². The van der Waals surface area contributed by atoms with Gasteiger partial charge in [0.1, 0.15) is 5.82 Å². The van der Waals surface area contributed by atoms with Crippen molar-refractivity contribution in [2.24, 2.45) is 5.41 Å². The highest BCUT2D eigenvalue weighted by molar-refractivity contribution is 5.96. The summed E-state index contributed by atoms with van der Waals surface area (Å²) in [6.07, 6.45) is 0.671. The van der Waals surface area contributed by atoms with Crippen LogP contribution in [0.4, 0.5) is 10.1 Å². The van der Waals surface area contributed by atoms with Gasteiger partial charge in [-0.15, -0.1) is 0 Å². The zero-order valence-electron chi connectivity index (χ0n) is 12.6. The Morgan fingerprint density at radius 2 is 2.14 bits per heavy atom. The standard InChI is InChI=1S/C16H21FN2O2/c1-16(2,3)9-14(20)18-12-8-15(21)19(10-12)13-6-4-5-11(17)7-13/h4-7,12H,8-10H2,1-3H3,(H,18,20)/t12-/m0/s1. The second-order valence-electron chi connectivity index (χ2n) is 6.69. The van der Waals surface area contributed by atoms with E-state index in [1.807, 2.05) is 20.8 Å². The summed E-state index contributed by atoms with van der Waals surface area (Å²) in [7, 11) is 0. The molecule has 2 rings (SSSR count). The highest BCUT2D eigenvalue weighted by Crippen LogP contribution is 2.23. The van der Waals surface area contributed by atoms with Crippen LogP contribution in [0.25, 0.3) is 0 Å². The number of benzene rings is 1. The van der Waals surface area contributed by atoms with Gasteiger partial charge in [0.15, 0.2) is 0 Å². The van der Waals surface area contributed by atoms with Crippen LogP contribution in [0.1, 0.15) is 33.6 Å². The fourth-order valence-electron chi connectivity index (χ4n) is 2.46. The monoisotopic (exact) mass is 292 g/mol. The first kappa shape index (κ1) is 15.5. The van der Waals surface area contributed by atoms with Crippen molar-refractivity contribution in [1.82, 2.24) is 5.32 Å². The Hall–Kier alpha value is -1.91. The number of carbonyl (C=O) groups is 2. The van der Waals surface area contributed by atoms with Crippen molar-refractivity contribution in [2.75, 3.05) is 11.4 Å². The highest BCUT2D eigenvalue weighted by atomic mass is 19.1. The zero-order chi connectivity index (χ0) is 15.6. The van der Waals surface area contributed by atoms with Crippen molar-refractivity contribution < 1.29 is 14.0 Å². The van der Waals surface area contributed by atoms with Crippen LogP contribution in [0.5, 0.6) is 0 Å². The lowest BCUT2D eigenvalue weighted by Gasteiger charge is -2.20. The molecular weight excluding hydrogens is 271 g/mol. The number of rotatable bonds is 3. The topological polar surface area (TPSA) is 49.4 Å². The predicted molar refractivity (Wildman–Crippen MR) is 79.4 cm³/mol. The van der Waals surface area contributed by atoms with Gasteiger partial charge in [-0.3, -0.25) is 9.59 Å². The molecule has 0 aliphatic carbocycles. The van der Waals surface area contributed by atoms with Crippen molar-refractivity contribution in [2.45, 2.75) is 39.7 Å². The van der Waals surface area contributed by atoms with E-state index < -0.39 is 0 Å².